The molecule has 0 heterocycles. The zero-order valence-corrected chi connectivity index (χ0v) is 15.2. The Morgan fingerprint density at radius 1 is 1.05 bits per heavy atom. The van der Waals surface area contributed by atoms with E-state index in [0.29, 0.717) is 0 Å². The quantitative estimate of drug-likeness (QED) is 0.701. The monoisotopic (exact) mass is 416 g/mol. The van der Waals surface area contributed by atoms with Gasteiger partial charge in [-0.1, -0.05) is 17.7 Å². The Kier molecular flexibility index (Phi) is 5.35. The van der Waals surface area contributed by atoms with Crippen molar-refractivity contribution in [3.05, 3.63) is 55.9 Å². The van der Waals surface area contributed by atoms with E-state index >= 15 is 0 Å². The molecule has 0 spiro atoms. The molecular weight excluding hydrogens is 403 g/mol. The van der Waals surface area contributed by atoms with Crippen LogP contribution in [0.25, 0.3) is 0 Å². The molecule has 2 aromatic carbocycles. The molecule has 0 atom stereocenters. The van der Waals surface area contributed by atoms with Crippen LogP contribution >= 0.6 is 43.5 Å². The fraction of sp³-hybridized carbons (Fsp3) is 0.200. The molecule has 0 aliphatic heterocycles. The lowest BCUT2D eigenvalue weighted by Gasteiger charge is -2.16. The first-order valence-electron chi connectivity index (χ1n) is 6.12. The summed E-state index contributed by atoms with van der Waals surface area (Å²) >= 11 is 13.2. The van der Waals surface area contributed by atoms with Crippen molar-refractivity contribution >= 4 is 54.8 Å². The lowest BCUT2D eigenvalue weighted by molar-refractivity contribution is 1.12. The Morgan fingerprint density at radius 2 is 1.80 bits per heavy atom. The van der Waals surface area contributed by atoms with Crippen LogP contribution in [0.3, 0.4) is 0 Å². The van der Waals surface area contributed by atoms with E-state index in [1.54, 1.807) is 0 Å². The van der Waals surface area contributed by atoms with E-state index in [9.17, 15) is 0 Å². The van der Waals surface area contributed by atoms with Gasteiger partial charge in [-0.15, -0.1) is 0 Å². The highest BCUT2D eigenvalue weighted by molar-refractivity contribution is 9.13. The highest BCUT2D eigenvalue weighted by Crippen LogP contribution is 2.28. The summed E-state index contributed by atoms with van der Waals surface area (Å²) in [6.07, 6.45) is 0. The van der Waals surface area contributed by atoms with Crippen molar-refractivity contribution < 1.29 is 0 Å². The van der Waals surface area contributed by atoms with Crippen molar-refractivity contribution in [3.63, 3.8) is 0 Å². The zero-order valence-electron chi connectivity index (χ0n) is 11.3. The van der Waals surface area contributed by atoms with Gasteiger partial charge in [0.15, 0.2) is 0 Å². The van der Waals surface area contributed by atoms with Crippen LogP contribution in [0.4, 0.5) is 11.4 Å². The first-order valence-corrected chi connectivity index (χ1v) is 8.08. The average Bonchev–Trinajstić information content (AvgIpc) is 2.40. The number of halogens is 3. The summed E-state index contributed by atoms with van der Waals surface area (Å²) in [7, 11) is 3.96. The molecule has 0 aromatic heterocycles. The summed E-state index contributed by atoms with van der Waals surface area (Å²) in [4.78, 5) is 2.00. The molecule has 1 N–H and O–H groups in total. The van der Waals surface area contributed by atoms with E-state index < -0.39 is 0 Å². The molecule has 0 amide bonds. The van der Waals surface area contributed by atoms with E-state index in [4.69, 9.17) is 11.6 Å². The highest BCUT2D eigenvalue weighted by Gasteiger charge is 2.04. The van der Waals surface area contributed by atoms with Crippen molar-refractivity contribution in [2.75, 3.05) is 24.3 Å². The van der Waals surface area contributed by atoms with E-state index in [1.807, 2.05) is 43.3 Å². The molecule has 0 fully saturated rings. The molecule has 0 bridgehead atoms. The maximum atomic E-state index is 6.26. The van der Waals surface area contributed by atoms with E-state index in [1.165, 1.54) is 5.56 Å². The SMILES string of the molecule is CN(C)c1ccc(NCc2ccc(Br)c(Br)c2)cc1Cl. The fourth-order valence-corrected chi connectivity index (χ4v) is 2.86. The third-order valence-electron chi connectivity index (χ3n) is 2.91. The molecule has 0 aliphatic carbocycles. The smallest absolute Gasteiger partial charge is 0.0659 e. The van der Waals surface area contributed by atoms with Crippen LogP contribution in [0.2, 0.25) is 5.02 Å². The average molecular weight is 419 g/mol. The number of benzene rings is 2. The van der Waals surface area contributed by atoms with Gasteiger partial charge in [-0.2, -0.15) is 0 Å². The van der Waals surface area contributed by atoms with Crippen LogP contribution in [-0.4, -0.2) is 14.1 Å². The summed E-state index contributed by atoms with van der Waals surface area (Å²) in [6, 6.07) is 12.2. The van der Waals surface area contributed by atoms with Crippen LogP contribution in [0.15, 0.2) is 45.3 Å². The molecular formula is C15H15Br2ClN2. The van der Waals surface area contributed by atoms with Gasteiger partial charge in [-0.3, -0.25) is 0 Å². The normalized spacial score (nSPS) is 10.4. The third kappa shape index (κ3) is 3.90. The lowest BCUT2D eigenvalue weighted by Crippen LogP contribution is -2.09. The second-order valence-electron chi connectivity index (χ2n) is 4.66. The van der Waals surface area contributed by atoms with E-state index in [-0.39, 0.29) is 0 Å². The molecule has 0 radical (unpaired) electrons. The highest BCUT2D eigenvalue weighted by atomic mass is 79.9. The summed E-state index contributed by atoms with van der Waals surface area (Å²) in [5.74, 6) is 0. The Morgan fingerprint density at radius 3 is 2.40 bits per heavy atom. The Bertz CT molecular complexity index is 615. The van der Waals surface area contributed by atoms with Gasteiger partial charge in [0.1, 0.15) is 0 Å². The van der Waals surface area contributed by atoms with Crippen molar-refractivity contribution in [2.45, 2.75) is 6.54 Å². The first kappa shape index (κ1) is 15.7. The predicted octanol–water partition coefficient (Wildman–Crippen LogP) is 5.54. The van der Waals surface area contributed by atoms with E-state index in [0.717, 1.165) is 31.9 Å². The van der Waals surface area contributed by atoms with Crippen LogP contribution in [0.1, 0.15) is 5.56 Å². The second-order valence-corrected chi connectivity index (χ2v) is 6.78. The van der Waals surface area contributed by atoms with Gasteiger partial charge in [-0.25, -0.2) is 0 Å². The van der Waals surface area contributed by atoms with Gasteiger partial charge in [-0.05, 0) is 67.8 Å². The van der Waals surface area contributed by atoms with Crippen LogP contribution in [0.5, 0.6) is 0 Å². The number of hydrogen-bond acceptors (Lipinski definition) is 2. The molecule has 106 valence electrons. The van der Waals surface area contributed by atoms with Gasteiger partial charge in [0.25, 0.3) is 0 Å². The molecule has 5 heteroatoms. The molecule has 0 saturated carbocycles. The largest absolute Gasteiger partial charge is 0.381 e. The number of nitrogens with zero attached hydrogens (tertiary/aromatic N) is 1. The maximum Gasteiger partial charge on any atom is 0.0659 e. The van der Waals surface area contributed by atoms with Crippen molar-refractivity contribution in [3.8, 4) is 0 Å². The van der Waals surface area contributed by atoms with E-state index in [2.05, 4.69) is 49.3 Å². The molecule has 0 unspecified atom stereocenters. The van der Waals surface area contributed by atoms with Crippen molar-refractivity contribution in [1.82, 2.24) is 0 Å². The van der Waals surface area contributed by atoms with Gasteiger partial charge in [0.2, 0.25) is 0 Å². The first-order chi connectivity index (χ1) is 9.47. The number of anilines is 2. The van der Waals surface area contributed by atoms with Crippen molar-refractivity contribution in [1.29, 1.82) is 0 Å². The Balaban J connectivity index is 2.07. The number of hydrogen-bond donors (Lipinski definition) is 1. The number of nitrogens with one attached hydrogen (secondary N) is 1. The van der Waals surface area contributed by atoms with Crippen LogP contribution < -0.4 is 10.2 Å². The van der Waals surface area contributed by atoms with Gasteiger partial charge >= 0.3 is 0 Å². The Labute approximate surface area is 141 Å². The minimum atomic E-state index is 0.747. The second kappa shape index (κ2) is 6.83. The number of rotatable bonds is 4. The molecule has 0 aliphatic rings. The Hall–Kier alpha value is -0.710. The standard InChI is InChI=1S/C15H15Br2ClN2/c1-20(2)15-6-4-11(8-14(15)18)19-9-10-3-5-12(16)13(17)7-10/h3-8,19H,9H2,1-2H3. The third-order valence-corrected chi connectivity index (χ3v) is 5.09. The summed E-state index contributed by atoms with van der Waals surface area (Å²) in [5, 5.41) is 4.12. The molecule has 0 saturated heterocycles. The molecule has 20 heavy (non-hydrogen) atoms. The summed E-state index contributed by atoms with van der Waals surface area (Å²) < 4.78 is 2.11. The molecule has 2 rings (SSSR count). The van der Waals surface area contributed by atoms with Crippen LogP contribution in [-0.2, 0) is 6.54 Å². The fourth-order valence-electron chi connectivity index (χ4n) is 1.83. The maximum absolute atomic E-state index is 6.26. The molecule has 2 nitrogen and oxygen atoms in total. The van der Waals surface area contributed by atoms with Gasteiger partial charge in [0, 0.05) is 35.3 Å². The zero-order chi connectivity index (χ0) is 14.7. The van der Waals surface area contributed by atoms with Crippen LogP contribution in [0, 0.1) is 0 Å². The topological polar surface area (TPSA) is 15.3 Å². The van der Waals surface area contributed by atoms with Gasteiger partial charge in [0.05, 0.1) is 10.7 Å². The lowest BCUT2D eigenvalue weighted by atomic mass is 10.2. The summed E-state index contributed by atoms with van der Waals surface area (Å²) in [6.45, 7) is 0.753. The molecule has 2 aromatic rings. The predicted molar refractivity (Wildman–Crippen MR) is 94.9 cm³/mol. The van der Waals surface area contributed by atoms with Gasteiger partial charge < -0.3 is 10.2 Å². The minimum Gasteiger partial charge on any atom is -0.381 e. The summed E-state index contributed by atoms with van der Waals surface area (Å²) in [5.41, 5.74) is 3.23. The van der Waals surface area contributed by atoms with Crippen molar-refractivity contribution in [2.24, 2.45) is 0 Å². The minimum absolute atomic E-state index is 0.747.